The molecule has 0 spiro atoms. The predicted octanol–water partition coefficient (Wildman–Crippen LogP) is -0.0306. The van der Waals surface area contributed by atoms with E-state index in [-0.39, 0.29) is 23.2 Å². The number of carbonyl (C=O) groups is 1. The fraction of sp³-hybridized carbons (Fsp3) is 0.818. The van der Waals surface area contributed by atoms with E-state index in [0.29, 0.717) is 6.42 Å². The molecule has 1 aliphatic carbocycles. The van der Waals surface area contributed by atoms with E-state index >= 15 is 0 Å². The number of likely N-dealkylation sites (N-methyl/N-ethyl adjacent to an activating group) is 1. The molecule has 6 heteroatoms. The summed E-state index contributed by atoms with van der Waals surface area (Å²) in [7, 11) is 3.48. The smallest absolute Gasteiger partial charge is 0.238 e. The van der Waals surface area contributed by atoms with Crippen molar-refractivity contribution in [3.8, 4) is 0 Å². The van der Waals surface area contributed by atoms with Crippen LogP contribution in [0.5, 0.6) is 0 Å². The lowest BCUT2D eigenvalue weighted by molar-refractivity contribution is -0.130. The SMILES string of the molecule is CC(NCC1(CC(N)=NO)CC1)C(=O)N(C)C. The lowest BCUT2D eigenvalue weighted by Gasteiger charge is -2.21. The summed E-state index contributed by atoms with van der Waals surface area (Å²) < 4.78 is 0. The molecule has 1 saturated carbocycles. The van der Waals surface area contributed by atoms with Crippen molar-refractivity contribution in [3.05, 3.63) is 0 Å². The molecule has 1 atom stereocenters. The molecule has 1 rings (SSSR count). The maximum absolute atomic E-state index is 11.6. The van der Waals surface area contributed by atoms with Gasteiger partial charge in [0, 0.05) is 27.1 Å². The molecule has 0 bridgehead atoms. The summed E-state index contributed by atoms with van der Waals surface area (Å²) in [4.78, 5) is 13.2. The minimum absolute atomic E-state index is 0.0598. The highest BCUT2D eigenvalue weighted by Crippen LogP contribution is 2.48. The monoisotopic (exact) mass is 242 g/mol. The molecular weight excluding hydrogens is 220 g/mol. The minimum atomic E-state index is -0.199. The van der Waals surface area contributed by atoms with Crippen molar-refractivity contribution >= 4 is 11.7 Å². The van der Waals surface area contributed by atoms with Crippen LogP contribution in [0.15, 0.2) is 5.16 Å². The van der Waals surface area contributed by atoms with Crippen molar-refractivity contribution < 1.29 is 10.0 Å². The molecule has 0 aliphatic heterocycles. The minimum Gasteiger partial charge on any atom is -0.409 e. The Hall–Kier alpha value is -1.30. The predicted molar refractivity (Wildman–Crippen MR) is 65.9 cm³/mol. The Bertz CT molecular complexity index is 311. The van der Waals surface area contributed by atoms with Crippen molar-refractivity contribution in [1.29, 1.82) is 0 Å². The number of amides is 1. The number of nitrogens with two attached hydrogens (primary N) is 1. The van der Waals surface area contributed by atoms with E-state index in [9.17, 15) is 4.79 Å². The van der Waals surface area contributed by atoms with E-state index in [1.54, 1.807) is 19.0 Å². The van der Waals surface area contributed by atoms with Gasteiger partial charge in [-0.1, -0.05) is 5.16 Å². The number of rotatable bonds is 6. The molecule has 1 fully saturated rings. The third kappa shape index (κ3) is 3.89. The van der Waals surface area contributed by atoms with Crippen molar-refractivity contribution in [3.63, 3.8) is 0 Å². The quantitative estimate of drug-likeness (QED) is 0.264. The Morgan fingerprint density at radius 3 is 2.59 bits per heavy atom. The summed E-state index contributed by atoms with van der Waals surface area (Å²) in [5.41, 5.74) is 5.59. The van der Waals surface area contributed by atoms with Crippen molar-refractivity contribution in [2.75, 3.05) is 20.6 Å². The van der Waals surface area contributed by atoms with Gasteiger partial charge >= 0.3 is 0 Å². The molecule has 1 unspecified atom stereocenters. The standard InChI is InChI=1S/C11H22N4O2/c1-8(10(16)15(2)3)13-7-11(4-5-11)6-9(12)14-17/h8,13,17H,4-7H2,1-3H3,(H2,12,14). The van der Waals surface area contributed by atoms with Gasteiger partial charge in [0.1, 0.15) is 5.84 Å². The average Bonchev–Trinajstić information content (AvgIpc) is 3.05. The largest absolute Gasteiger partial charge is 0.409 e. The van der Waals surface area contributed by atoms with Gasteiger partial charge in [-0.05, 0) is 25.2 Å². The van der Waals surface area contributed by atoms with Gasteiger partial charge in [-0.25, -0.2) is 0 Å². The number of hydrogen-bond donors (Lipinski definition) is 3. The lowest BCUT2D eigenvalue weighted by Crippen LogP contribution is -2.44. The van der Waals surface area contributed by atoms with Crippen LogP contribution >= 0.6 is 0 Å². The van der Waals surface area contributed by atoms with Crippen LogP contribution in [-0.2, 0) is 4.79 Å². The summed E-state index contributed by atoms with van der Waals surface area (Å²) in [6.45, 7) is 2.58. The molecule has 0 heterocycles. The second-order valence-electron chi connectivity index (χ2n) is 5.10. The molecule has 0 aromatic carbocycles. The summed E-state index contributed by atoms with van der Waals surface area (Å²) in [5, 5.41) is 14.8. The van der Waals surface area contributed by atoms with Gasteiger partial charge in [0.15, 0.2) is 0 Å². The van der Waals surface area contributed by atoms with Crippen LogP contribution < -0.4 is 11.1 Å². The number of amidine groups is 1. The van der Waals surface area contributed by atoms with Crippen LogP contribution in [-0.4, -0.2) is 48.5 Å². The van der Waals surface area contributed by atoms with Crippen molar-refractivity contribution in [2.45, 2.75) is 32.2 Å². The molecule has 0 radical (unpaired) electrons. The normalized spacial score (nSPS) is 19.8. The molecule has 1 aliphatic rings. The van der Waals surface area contributed by atoms with E-state index in [2.05, 4.69) is 10.5 Å². The molecular formula is C11H22N4O2. The Morgan fingerprint density at radius 2 is 2.18 bits per heavy atom. The first-order valence-corrected chi connectivity index (χ1v) is 5.81. The Morgan fingerprint density at radius 1 is 1.59 bits per heavy atom. The summed E-state index contributed by atoms with van der Waals surface area (Å²) in [6.07, 6.45) is 2.69. The topological polar surface area (TPSA) is 91.0 Å². The van der Waals surface area contributed by atoms with Crippen LogP contribution in [0, 0.1) is 5.41 Å². The van der Waals surface area contributed by atoms with Gasteiger partial charge in [0.05, 0.1) is 6.04 Å². The fourth-order valence-electron chi connectivity index (χ4n) is 1.86. The van der Waals surface area contributed by atoms with E-state index in [1.807, 2.05) is 6.92 Å². The molecule has 6 nitrogen and oxygen atoms in total. The summed E-state index contributed by atoms with van der Waals surface area (Å²) >= 11 is 0. The lowest BCUT2D eigenvalue weighted by atomic mass is 10.0. The molecule has 0 aromatic heterocycles. The maximum Gasteiger partial charge on any atom is 0.238 e. The second-order valence-corrected chi connectivity index (χ2v) is 5.10. The van der Waals surface area contributed by atoms with E-state index in [0.717, 1.165) is 19.4 Å². The highest BCUT2D eigenvalue weighted by atomic mass is 16.4. The van der Waals surface area contributed by atoms with Crippen molar-refractivity contribution in [2.24, 2.45) is 16.3 Å². The molecule has 0 saturated heterocycles. The Kier molecular flexibility index (Phi) is 4.34. The van der Waals surface area contributed by atoms with Crippen LogP contribution in [0.3, 0.4) is 0 Å². The first-order chi connectivity index (χ1) is 7.90. The molecule has 98 valence electrons. The summed E-state index contributed by atoms with van der Waals surface area (Å²) in [5.74, 6) is 0.320. The van der Waals surface area contributed by atoms with Crippen LogP contribution in [0.2, 0.25) is 0 Å². The first kappa shape index (κ1) is 13.8. The number of oxime groups is 1. The van der Waals surface area contributed by atoms with E-state index < -0.39 is 0 Å². The van der Waals surface area contributed by atoms with Crippen LogP contribution in [0.4, 0.5) is 0 Å². The molecule has 0 aromatic rings. The van der Waals surface area contributed by atoms with E-state index in [4.69, 9.17) is 10.9 Å². The highest BCUT2D eigenvalue weighted by Gasteiger charge is 2.43. The average molecular weight is 242 g/mol. The molecule has 1 amide bonds. The van der Waals surface area contributed by atoms with Gasteiger partial charge in [-0.15, -0.1) is 0 Å². The van der Waals surface area contributed by atoms with Gasteiger partial charge in [-0.2, -0.15) is 0 Å². The first-order valence-electron chi connectivity index (χ1n) is 5.81. The maximum atomic E-state index is 11.6. The zero-order valence-corrected chi connectivity index (χ0v) is 10.7. The van der Waals surface area contributed by atoms with Crippen LogP contribution in [0.25, 0.3) is 0 Å². The third-order valence-corrected chi connectivity index (χ3v) is 3.24. The summed E-state index contributed by atoms with van der Waals surface area (Å²) in [6, 6.07) is -0.199. The number of nitrogens with one attached hydrogen (secondary N) is 1. The highest BCUT2D eigenvalue weighted by molar-refractivity contribution is 5.81. The number of nitrogens with zero attached hydrogens (tertiary/aromatic N) is 2. The van der Waals surface area contributed by atoms with Gasteiger partial charge < -0.3 is 21.2 Å². The zero-order valence-electron chi connectivity index (χ0n) is 10.7. The van der Waals surface area contributed by atoms with Gasteiger partial charge in [0.2, 0.25) is 5.91 Å². The molecule has 17 heavy (non-hydrogen) atoms. The third-order valence-electron chi connectivity index (χ3n) is 3.24. The Labute approximate surface area is 102 Å². The zero-order chi connectivity index (χ0) is 13.1. The van der Waals surface area contributed by atoms with Gasteiger partial charge in [0.25, 0.3) is 0 Å². The number of carbonyl (C=O) groups excluding carboxylic acids is 1. The van der Waals surface area contributed by atoms with Crippen LogP contribution in [0.1, 0.15) is 26.2 Å². The number of hydrogen-bond acceptors (Lipinski definition) is 4. The van der Waals surface area contributed by atoms with Crippen molar-refractivity contribution in [1.82, 2.24) is 10.2 Å². The van der Waals surface area contributed by atoms with Gasteiger partial charge in [-0.3, -0.25) is 4.79 Å². The fourth-order valence-corrected chi connectivity index (χ4v) is 1.86. The van der Waals surface area contributed by atoms with E-state index in [1.165, 1.54) is 0 Å². The molecule has 4 N–H and O–H groups in total. The second kappa shape index (κ2) is 5.35. The Balaban J connectivity index is 2.38.